The molecular weight excluding hydrogens is 336 g/mol. The molecule has 0 aliphatic carbocycles. The van der Waals surface area contributed by atoms with E-state index in [1.54, 1.807) is 12.1 Å². The van der Waals surface area contributed by atoms with Gasteiger partial charge in [-0.15, -0.1) is 0 Å². The average molecular weight is 358 g/mol. The molecule has 0 radical (unpaired) electrons. The Kier molecular flexibility index (Phi) is 4.96. The van der Waals surface area contributed by atoms with Crippen LogP contribution >= 0.6 is 0 Å². The second kappa shape index (κ2) is 7.70. The molecule has 136 valence electrons. The zero-order valence-electron chi connectivity index (χ0n) is 15.2. The lowest BCUT2D eigenvalue weighted by Gasteiger charge is -2.38. The van der Waals surface area contributed by atoms with Crippen LogP contribution in [0.4, 0.5) is 5.69 Å². The summed E-state index contributed by atoms with van der Waals surface area (Å²) in [5, 5.41) is 17.8. The molecule has 2 aromatic carbocycles. The van der Waals surface area contributed by atoms with Crippen molar-refractivity contribution in [3.05, 3.63) is 59.7 Å². The van der Waals surface area contributed by atoms with Crippen LogP contribution in [0.2, 0.25) is 0 Å². The molecule has 2 fully saturated rings. The molecule has 0 saturated carbocycles. The number of hydrogen-bond acceptors (Lipinski definition) is 5. The zero-order valence-corrected chi connectivity index (χ0v) is 15.2. The molecule has 2 saturated heterocycles. The van der Waals surface area contributed by atoms with Gasteiger partial charge in [-0.05, 0) is 55.0 Å². The average Bonchev–Trinajstić information content (AvgIpc) is 3.15. The van der Waals surface area contributed by atoms with Crippen molar-refractivity contribution in [2.45, 2.75) is 12.5 Å². The summed E-state index contributed by atoms with van der Waals surface area (Å²) < 4.78 is 5.95. The van der Waals surface area contributed by atoms with Crippen molar-refractivity contribution in [2.24, 2.45) is 5.92 Å². The Hall–Kier alpha value is -3.02. The molecule has 27 heavy (non-hydrogen) atoms. The van der Waals surface area contributed by atoms with E-state index in [0.717, 1.165) is 45.0 Å². The quantitative estimate of drug-likeness (QED) is 0.841. The van der Waals surface area contributed by atoms with Crippen LogP contribution in [-0.4, -0.2) is 43.7 Å². The van der Waals surface area contributed by atoms with E-state index in [4.69, 9.17) is 15.3 Å². The highest BCUT2D eigenvalue weighted by Crippen LogP contribution is 2.29. The third kappa shape index (κ3) is 3.89. The highest BCUT2D eigenvalue weighted by molar-refractivity contribution is 5.50. The van der Waals surface area contributed by atoms with E-state index in [9.17, 15) is 0 Å². The lowest BCUT2D eigenvalue weighted by atomic mass is 10.1. The first-order valence-electron chi connectivity index (χ1n) is 9.37. The van der Waals surface area contributed by atoms with Gasteiger partial charge in [0.25, 0.3) is 0 Å². The number of nitriles is 2. The minimum atomic E-state index is 0.534. The number of benzene rings is 2. The molecule has 4 rings (SSSR count). The first-order valence-corrected chi connectivity index (χ1v) is 9.37. The van der Waals surface area contributed by atoms with Gasteiger partial charge in [-0.1, -0.05) is 0 Å². The van der Waals surface area contributed by atoms with E-state index in [1.165, 1.54) is 5.69 Å². The Bertz CT molecular complexity index is 863. The molecule has 0 spiro atoms. The number of anilines is 1. The van der Waals surface area contributed by atoms with Gasteiger partial charge in [0.2, 0.25) is 0 Å². The van der Waals surface area contributed by atoms with Gasteiger partial charge in [-0.2, -0.15) is 10.5 Å². The van der Waals surface area contributed by atoms with Crippen LogP contribution < -0.4 is 9.64 Å². The number of nitrogens with zero attached hydrogens (tertiary/aromatic N) is 4. The van der Waals surface area contributed by atoms with Crippen molar-refractivity contribution in [3.8, 4) is 17.9 Å². The zero-order chi connectivity index (χ0) is 18.6. The number of rotatable bonds is 4. The van der Waals surface area contributed by atoms with Gasteiger partial charge in [0.05, 0.1) is 29.9 Å². The van der Waals surface area contributed by atoms with Gasteiger partial charge < -0.3 is 9.64 Å². The Morgan fingerprint density at radius 1 is 0.889 bits per heavy atom. The molecule has 0 aromatic heterocycles. The molecule has 2 aromatic rings. The molecule has 0 amide bonds. The third-order valence-corrected chi connectivity index (χ3v) is 5.53. The normalized spacial score (nSPS) is 21.9. The van der Waals surface area contributed by atoms with Crippen LogP contribution in [0.5, 0.6) is 5.75 Å². The smallest absolute Gasteiger partial charge is 0.119 e. The lowest BCUT2D eigenvalue weighted by Crippen LogP contribution is -2.50. The molecule has 5 nitrogen and oxygen atoms in total. The summed E-state index contributed by atoms with van der Waals surface area (Å²) in [5.41, 5.74) is 2.56. The van der Waals surface area contributed by atoms with Gasteiger partial charge in [-0.25, -0.2) is 0 Å². The highest BCUT2D eigenvalue weighted by Gasteiger charge is 2.36. The third-order valence-electron chi connectivity index (χ3n) is 5.53. The first-order chi connectivity index (χ1) is 13.2. The molecule has 0 bridgehead atoms. The largest absolute Gasteiger partial charge is 0.493 e. The van der Waals surface area contributed by atoms with Crippen LogP contribution in [-0.2, 0) is 0 Å². The maximum atomic E-state index is 8.95. The predicted octanol–water partition coefficient (Wildman–Crippen LogP) is 3.02. The van der Waals surface area contributed by atoms with Crippen LogP contribution in [0.3, 0.4) is 0 Å². The van der Waals surface area contributed by atoms with E-state index in [2.05, 4.69) is 34.1 Å². The number of fused-ring (bicyclic) bond motifs is 1. The van der Waals surface area contributed by atoms with Gasteiger partial charge in [-0.3, -0.25) is 4.90 Å². The summed E-state index contributed by atoms with van der Waals surface area (Å²) in [6.07, 6.45) is 1.14. The molecule has 2 heterocycles. The molecule has 2 unspecified atom stereocenters. The summed E-state index contributed by atoms with van der Waals surface area (Å²) in [4.78, 5) is 5.00. The summed E-state index contributed by atoms with van der Waals surface area (Å²) in [6, 6.07) is 20.1. The van der Waals surface area contributed by atoms with Crippen molar-refractivity contribution in [1.29, 1.82) is 10.5 Å². The second-order valence-electron chi connectivity index (χ2n) is 7.30. The molecular formula is C22H22N4O. The fourth-order valence-electron chi connectivity index (χ4n) is 4.09. The summed E-state index contributed by atoms with van der Waals surface area (Å²) in [5.74, 6) is 1.37. The summed E-state index contributed by atoms with van der Waals surface area (Å²) in [7, 11) is 0. The first kappa shape index (κ1) is 17.4. The van der Waals surface area contributed by atoms with E-state index in [-0.39, 0.29) is 0 Å². The lowest BCUT2D eigenvalue weighted by molar-refractivity contribution is 0.217. The van der Waals surface area contributed by atoms with Crippen molar-refractivity contribution in [3.63, 3.8) is 0 Å². The van der Waals surface area contributed by atoms with Crippen molar-refractivity contribution >= 4 is 5.69 Å². The molecule has 2 aliphatic rings. The van der Waals surface area contributed by atoms with Gasteiger partial charge in [0.15, 0.2) is 0 Å². The van der Waals surface area contributed by atoms with Crippen molar-refractivity contribution < 1.29 is 4.74 Å². The van der Waals surface area contributed by atoms with Crippen molar-refractivity contribution in [2.75, 3.05) is 37.7 Å². The minimum Gasteiger partial charge on any atom is -0.493 e. The van der Waals surface area contributed by atoms with Gasteiger partial charge in [0.1, 0.15) is 5.75 Å². The Labute approximate surface area is 160 Å². The monoisotopic (exact) mass is 358 g/mol. The fraction of sp³-hybridized carbons (Fsp3) is 0.364. The van der Waals surface area contributed by atoms with Crippen LogP contribution in [0.25, 0.3) is 0 Å². The van der Waals surface area contributed by atoms with Crippen LogP contribution in [0.15, 0.2) is 48.5 Å². The molecule has 2 aliphatic heterocycles. The maximum Gasteiger partial charge on any atom is 0.119 e. The second-order valence-corrected chi connectivity index (χ2v) is 7.30. The summed E-state index contributed by atoms with van der Waals surface area (Å²) >= 11 is 0. The van der Waals surface area contributed by atoms with Crippen LogP contribution in [0.1, 0.15) is 17.5 Å². The van der Waals surface area contributed by atoms with E-state index < -0.39 is 0 Å². The Morgan fingerprint density at radius 3 is 2.22 bits per heavy atom. The van der Waals surface area contributed by atoms with E-state index in [0.29, 0.717) is 23.1 Å². The molecule has 0 N–H and O–H groups in total. The molecule has 2 atom stereocenters. The maximum absolute atomic E-state index is 8.95. The SMILES string of the molecule is N#Cc1ccc(OCC2CC3CN(c4ccc(C#N)cc4)CCN3C2)cc1. The fourth-order valence-corrected chi connectivity index (χ4v) is 4.09. The topological polar surface area (TPSA) is 63.3 Å². The van der Waals surface area contributed by atoms with E-state index in [1.807, 2.05) is 24.3 Å². The standard InChI is InChI=1S/C22H22N4O/c23-12-17-1-5-20(6-2-17)26-10-9-25-14-19(11-21(25)15-26)16-27-22-7-3-18(13-24)4-8-22/h1-8,19,21H,9-11,14-16H2. The number of ether oxygens (including phenoxy) is 1. The van der Waals surface area contributed by atoms with E-state index >= 15 is 0 Å². The van der Waals surface area contributed by atoms with Crippen molar-refractivity contribution in [1.82, 2.24) is 4.90 Å². The Morgan fingerprint density at radius 2 is 1.56 bits per heavy atom. The predicted molar refractivity (Wildman–Crippen MR) is 103 cm³/mol. The Balaban J connectivity index is 1.31. The van der Waals surface area contributed by atoms with Crippen LogP contribution in [0, 0.1) is 28.6 Å². The highest BCUT2D eigenvalue weighted by atomic mass is 16.5. The number of hydrogen-bond donors (Lipinski definition) is 0. The minimum absolute atomic E-state index is 0.534. The van der Waals surface area contributed by atoms with Gasteiger partial charge in [0, 0.05) is 43.8 Å². The summed E-state index contributed by atoms with van der Waals surface area (Å²) in [6.45, 7) is 4.92. The number of piperazine rings is 1. The molecule has 5 heteroatoms. The van der Waals surface area contributed by atoms with Gasteiger partial charge >= 0.3 is 0 Å².